The van der Waals surface area contributed by atoms with E-state index in [9.17, 15) is 4.79 Å². The molecule has 0 aliphatic heterocycles. The van der Waals surface area contributed by atoms with Gasteiger partial charge in [0.2, 0.25) is 0 Å². The number of hydrogen-bond acceptors (Lipinski definition) is 5. The molecule has 0 atom stereocenters. The van der Waals surface area contributed by atoms with Gasteiger partial charge in [0.25, 0.3) is 5.91 Å². The topological polar surface area (TPSA) is 63.8 Å². The molecule has 1 amide bonds. The van der Waals surface area contributed by atoms with Crippen molar-refractivity contribution in [3.8, 4) is 5.75 Å². The van der Waals surface area contributed by atoms with E-state index in [0.717, 1.165) is 13.8 Å². The summed E-state index contributed by atoms with van der Waals surface area (Å²) in [5, 5.41) is 5.24. The number of hydrogen-bond donors (Lipinski definition) is 1. The van der Waals surface area contributed by atoms with Crippen LogP contribution in [0.5, 0.6) is 5.75 Å². The van der Waals surface area contributed by atoms with Crippen molar-refractivity contribution in [1.82, 2.24) is 5.43 Å². The Balaban J connectivity index is 1.50. The standard InChI is InChI=1S/C19H13Br2ClN2O3S/c20-12-1-5-14(6-2-12)26-11-18(25)24-23-10-15-9-17(21)19(27-15)28-16-7-3-13(22)4-8-16/h1-10H,11H2,(H,24,25)/b23-10-. The molecule has 0 aliphatic rings. The van der Waals surface area contributed by atoms with Gasteiger partial charge in [-0.2, -0.15) is 5.10 Å². The van der Waals surface area contributed by atoms with Gasteiger partial charge < -0.3 is 9.15 Å². The van der Waals surface area contributed by atoms with E-state index < -0.39 is 0 Å². The SMILES string of the molecule is O=C(COc1ccc(Br)cc1)N/N=C\c1cc(Br)c(Sc2ccc(Cl)cc2)o1. The fourth-order valence-electron chi connectivity index (χ4n) is 1.99. The van der Waals surface area contributed by atoms with Crippen molar-refractivity contribution >= 4 is 67.3 Å². The maximum absolute atomic E-state index is 11.8. The number of hydrazone groups is 1. The average molecular weight is 545 g/mol. The van der Waals surface area contributed by atoms with Crippen molar-refractivity contribution in [2.75, 3.05) is 6.61 Å². The number of ether oxygens (including phenoxy) is 1. The summed E-state index contributed by atoms with van der Waals surface area (Å²) in [5.41, 5.74) is 2.40. The quantitative estimate of drug-likeness (QED) is 0.287. The van der Waals surface area contributed by atoms with Gasteiger partial charge in [0.05, 0.1) is 10.7 Å². The summed E-state index contributed by atoms with van der Waals surface area (Å²) in [6, 6.07) is 16.4. The molecule has 0 saturated heterocycles. The number of furan rings is 1. The van der Waals surface area contributed by atoms with Crippen molar-refractivity contribution in [2.24, 2.45) is 5.10 Å². The number of amides is 1. The molecule has 1 N–H and O–H groups in total. The molecule has 0 radical (unpaired) electrons. The minimum Gasteiger partial charge on any atom is -0.484 e. The Morgan fingerprint density at radius 3 is 2.61 bits per heavy atom. The highest BCUT2D eigenvalue weighted by atomic mass is 79.9. The Morgan fingerprint density at radius 2 is 1.89 bits per heavy atom. The van der Waals surface area contributed by atoms with Gasteiger partial charge in [-0.3, -0.25) is 4.79 Å². The van der Waals surface area contributed by atoms with Gasteiger partial charge >= 0.3 is 0 Å². The molecule has 0 saturated carbocycles. The van der Waals surface area contributed by atoms with E-state index in [4.69, 9.17) is 20.8 Å². The van der Waals surface area contributed by atoms with Gasteiger partial charge in [-0.05, 0) is 64.5 Å². The molecular formula is C19H13Br2ClN2O3S. The Bertz CT molecular complexity index is 976. The van der Waals surface area contributed by atoms with Crippen LogP contribution in [0.2, 0.25) is 5.02 Å². The van der Waals surface area contributed by atoms with Crippen LogP contribution in [0.25, 0.3) is 0 Å². The molecule has 5 nitrogen and oxygen atoms in total. The minimum atomic E-state index is -0.374. The van der Waals surface area contributed by atoms with Crippen LogP contribution < -0.4 is 10.2 Å². The zero-order valence-corrected chi connectivity index (χ0v) is 18.9. The molecule has 0 spiro atoms. The smallest absolute Gasteiger partial charge is 0.277 e. The lowest BCUT2D eigenvalue weighted by Crippen LogP contribution is -2.24. The molecule has 2 aromatic carbocycles. The summed E-state index contributed by atoms with van der Waals surface area (Å²) < 4.78 is 12.8. The summed E-state index contributed by atoms with van der Waals surface area (Å²) in [5.74, 6) is 0.721. The first-order valence-corrected chi connectivity index (χ1v) is 10.7. The molecule has 9 heteroatoms. The normalized spacial score (nSPS) is 11.0. The molecule has 28 heavy (non-hydrogen) atoms. The molecule has 3 rings (SSSR count). The van der Waals surface area contributed by atoms with Crippen LogP contribution in [0.3, 0.4) is 0 Å². The maximum Gasteiger partial charge on any atom is 0.277 e. The number of carbonyl (C=O) groups excluding carboxylic acids is 1. The van der Waals surface area contributed by atoms with E-state index in [-0.39, 0.29) is 12.5 Å². The van der Waals surface area contributed by atoms with E-state index in [0.29, 0.717) is 21.6 Å². The molecule has 1 heterocycles. The van der Waals surface area contributed by atoms with Gasteiger partial charge in [0.1, 0.15) is 11.5 Å². The van der Waals surface area contributed by atoms with Crippen molar-refractivity contribution in [1.29, 1.82) is 0 Å². The van der Waals surface area contributed by atoms with Crippen LogP contribution in [0, 0.1) is 0 Å². The van der Waals surface area contributed by atoms with E-state index in [1.54, 1.807) is 18.2 Å². The highest BCUT2D eigenvalue weighted by molar-refractivity contribution is 9.10. The monoisotopic (exact) mass is 542 g/mol. The van der Waals surface area contributed by atoms with Gasteiger partial charge in [0.15, 0.2) is 11.7 Å². The molecule has 0 unspecified atom stereocenters. The summed E-state index contributed by atoms with van der Waals surface area (Å²) >= 11 is 14.1. The minimum absolute atomic E-state index is 0.140. The van der Waals surface area contributed by atoms with E-state index in [1.165, 1.54) is 18.0 Å². The van der Waals surface area contributed by atoms with Crippen molar-refractivity contribution in [3.05, 3.63) is 74.3 Å². The van der Waals surface area contributed by atoms with Crippen LogP contribution in [0.15, 0.2) is 83.0 Å². The van der Waals surface area contributed by atoms with Crippen LogP contribution >= 0.6 is 55.2 Å². The number of halogens is 3. The summed E-state index contributed by atoms with van der Waals surface area (Å²) in [7, 11) is 0. The third-order valence-electron chi connectivity index (χ3n) is 3.26. The van der Waals surface area contributed by atoms with E-state index in [2.05, 4.69) is 42.4 Å². The Hall–Kier alpha value is -1.74. The van der Waals surface area contributed by atoms with Crippen LogP contribution in [0.4, 0.5) is 0 Å². The molecular weight excluding hydrogens is 532 g/mol. The second-order valence-corrected chi connectivity index (χ2v) is 8.63. The lowest BCUT2D eigenvalue weighted by molar-refractivity contribution is -0.123. The van der Waals surface area contributed by atoms with Crippen molar-refractivity contribution in [2.45, 2.75) is 9.99 Å². The molecule has 0 fully saturated rings. The summed E-state index contributed by atoms with van der Waals surface area (Å²) in [4.78, 5) is 12.8. The number of rotatable bonds is 7. The molecule has 0 aliphatic carbocycles. The predicted octanol–water partition coefficient (Wildman–Crippen LogP) is 6.14. The third kappa shape index (κ3) is 6.41. The maximum atomic E-state index is 11.8. The predicted molar refractivity (Wildman–Crippen MR) is 117 cm³/mol. The number of carbonyl (C=O) groups is 1. The highest BCUT2D eigenvalue weighted by Crippen LogP contribution is 2.35. The van der Waals surface area contributed by atoms with Crippen molar-refractivity contribution < 1.29 is 13.9 Å². The second kappa shape index (κ2) is 10.2. The summed E-state index contributed by atoms with van der Waals surface area (Å²) in [6.07, 6.45) is 1.42. The van der Waals surface area contributed by atoms with Crippen LogP contribution in [0.1, 0.15) is 5.76 Å². The average Bonchev–Trinajstić information content (AvgIpc) is 3.02. The van der Waals surface area contributed by atoms with Crippen LogP contribution in [-0.4, -0.2) is 18.7 Å². The first-order chi connectivity index (χ1) is 13.5. The zero-order chi connectivity index (χ0) is 19.9. The highest BCUT2D eigenvalue weighted by Gasteiger charge is 2.10. The first kappa shape index (κ1) is 21.0. The van der Waals surface area contributed by atoms with E-state index >= 15 is 0 Å². The third-order valence-corrected chi connectivity index (χ3v) is 5.89. The van der Waals surface area contributed by atoms with Crippen molar-refractivity contribution in [3.63, 3.8) is 0 Å². The Kier molecular flexibility index (Phi) is 7.61. The number of benzene rings is 2. The van der Waals surface area contributed by atoms with Crippen LogP contribution in [-0.2, 0) is 4.79 Å². The zero-order valence-electron chi connectivity index (χ0n) is 14.2. The van der Waals surface area contributed by atoms with Gasteiger partial charge in [-0.25, -0.2) is 5.43 Å². The lowest BCUT2D eigenvalue weighted by atomic mass is 10.3. The lowest BCUT2D eigenvalue weighted by Gasteiger charge is -2.04. The fourth-order valence-corrected chi connectivity index (χ4v) is 3.71. The fraction of sp³-hybridized carbons (Fsp3) is 0.0526. The molecule has 1 aromatic heterocycles. The first-order valence-electron chi connectivity index (χ1n) is 7.92. The Labute approximate surface area is 187 Å². The largest absolute Gasteiger partial charge is 0.484 e. The Morgan fingerprint density at radius 1 is 1.18 bits per heavy atom. The van der Waals surface area contributed by atoms with Gasteiger partial charge in [0, 0.05) is 20.5 Å². The molecule has 3 aromatic rings. The second-order valence-electron chi connectivity index (χ2n) is 5.38. The number of nitrogens with zero attached hydrogens (tertiary/aromatic N) is 1. The summed E-state index contributed by atoms with van der Waals surface area (Å²) in [6.45, 7) is -0.140. The number of nitrogens with one attached hydrogen (secondary N) is 1. The molecule has 0 bridgehead atoms. The van der Waals surface area contributed by atoms with Gasteiger partial charge in [-0.1, -0.05) is 39.3 Å². The van der Waals surface area contributed by atoms with E-state index in [1.807, 2.05) is 36.4 Å². The molecule has 144 valence electrons. The van der Waals surface area contributed by atoms with Gasteiger partial charge in [-0.15, -0.1) is 0 Å².